The first-order valence-electron chi connectivity index (χ1n) is 14.3. The van der Waals surface area contributed by atoms with E-state index in [1.807, 2.05) is 85.8 Å². The van der Waals surface area contributed by atoms with Gasteiger partial charge >= 0.3 is 21.7 Å². The predicted octanol–water partition coefficient (Wildman–Crippen LogP) is 10.4. The fourth-order valence-corrected chi connectivity index (χ4v) is 5.17. The summed E-state index contributed by atoms with van der Waals surface area (Å²) in [4.78, 5) is 0. The third-order valence-electron chi connectivity index (χ3n) is 7.16. The molecule has 0 bridgehead atoms. The average Bonchev–Trinajstić information content (AvgIpc) is 3.62. The Hall–Kier alpha value is -4.36. The van der Waals surface area contributed by atoms with Crippen molar-refractivity contribution in [1.29, 1.82) is 0 Å². The van der Waals surface area contributed by atoms with Crippen molar-refractivity contribution in [3.63, 3.8) is 0 Å². The van der Waals surface area contributed by atoms with Gasteiger partial charge in [0.2, 0.25) is 0 Å². The smallest absolute Gasteiger partial charge is 0.199 e. The Bertz CT molecular complexity index is 1560. The van der Waals surface area contributed by atoms with Crippen LogP contribution in [0.15, 0.2) is 152 Å². The molecule has 0 amide bonds. The SMILES string of the molecule is CC=[C-]c1ccccc1.[CH2-]c1ccccc1.[Ti+4].[c-]1cccc2c1Cc1ccccc1-2.[c-]1cccc2c1Cc1ccccc1-2. The van der Waals surface area contributed by atoms with E-state index < -0.39 is 0 Å². The molecule has 206 valence electrons. The van der Waals surface area contributed by atoms with Gasteiger partial charge in [0.1, 0.15) is 0 Å². The first-order chi connectivity index (χ1) is 20.7. The van der Waals surface area contributed by atoms with Crippen LogP contribution in [0.1, 0.15) is 40.3 Å². The molecule has 0 unspecified atom stereocenters. The average molecular weight is 587 g/mol. The van der Waals surface area contributed by atoms with Crippen LogP contribution in [0.4, 0.5) is 0 Å². The Morgan fingerprint density at radius 1 is 0.535 bits per heavy atom. The molecule has 0 saturated carbocycles. The van der Waals surface area contributed by atoms with Crippen molar-refractivity contribution >= 4 is 0 Å². The van der Waals surface area contributed by atoms with Gasteiger partial charge in [-0.25, -0.2) is 0 Å². The van der Waals surface area contributed by atoms with Gasteiger partial charge < -0.3 is 0 Å². The van der Waals surface area contributed by atoms with Crippen LogP contribution in [0, 0.1) is 25.1 Å². The fourth-order valence-electron chi connectivity index (χ4n) is 5.17. The summed E-state index contributed by atoms with van der Waals surface area (Å²) < 4.78 is 0. The molecular weight excluding hydrogens is 552 g/mol. The molecule has 0 atom stereocenters. The zero-order valence-corrected chi connectivity index (χ0v) is 26.1. The Morgan fingerprint density at radius 2 is 0.953 bits per heavy atom. The second kappa shape index (κ2) is 16.3. The van der Waals surface area contributed by atoms with Crippen molar-refractivity contribution in [3.8, 4) is 22.3 Å². The molecule has 0 N–H and O–H groups in total. The molecule has 2 aliphatic rings. The van der Waals surface area contributed by atoms with Crippen LogP contribution >= 0.6 is 0 Å². The minimum absolute atomic E-state index is 0. The molecule has 2 aliphatic carbocycles. The zero-order valence-electron chi connectivity index (χ0n) is 24.6. The van der Waals surface area contributed by atoms with E-state index >= 15 is 0 Å². The van der Waals surface area contributed by atoms with Crippen LogP contribution < -0.4 is 0 Å². The fraction of sp³-hybridized carbons (Fsp3) is 0.0714. The Kier molecular flexibility index (Phi) is 12.0. The van der Waals surface area contributed by atoms with Crippen LogP contribution in [-0.4, -0.2) is 0 Å². The zero-order chi connectivity index (χ0) is 29.0. The normalized spacial score (nSPS) is 11.0. The van der Waals surface area contributed by atoms with Crippen LogP contribution in [0.5, 0.6) is 0 Å². The number of rotatable bonds is 1. The monoisotopic (exact) mass is 586 g/mol. The van der Waals surface area contributed by atoms with Crippen molar-refractivity contribution in [1.82, 2.24) is 0 Å². The van der Waals surface area contributed by atoms with E-state index in [0.29, 0.717) is 0 Å². The van der Waals surface area contributed by atoms with E-state index in [4.69, 9.17) is 0 Å². The van der Waals surface area contributed by atoms with Gasteiger partial charge in [-0.15, -0.1) is 41.5 Å². The van der Waals surface area contributed by atoms with E-state index in [0.717, 1.165) is 24.0 Å². The summed E-state index contributed by atoms with van der Waals surface area (Å²) in [6.07, 6.45) is 7.09. The maximum Gasteiger partial charge on any atom is 4.00 e. The van der Waals surface area contributed by atoms with Gasteiger partial charge in [0, 0.05) is 0 Å². The minimum Gasteiger partial charge on any atom is -0.199 e. The molecule has 8 rings (SSSR count). The summed E-state index contributed by atoms with van der Waals surface area (Å²) >= 11 is 0. The predicted molar refractivity (Wildman–Crippen MR) is 177 cm³/mol. The second-order valence-electron chi connectivity index (χ2n) is 10.1. The van der Waals surface area contributed by atoms with Gasteiger partial charge in [-0.3, -0.25) is 0 Å². The van der Waals surface area contributed by atoms with Crippen molar-refractivity contribution in [3.05, 3.63) is 210 Å². The maximum atomic E-state index is 3.72. The van der Waals surface area contributed by atoms with E-state index in [-0.39, 0.29) is 21.7 Å². The van der Waals surface area contributed by atoms with Gasteiger partial charge in [-0.1, -0.05) is 89.8 Å². The maximum absolute atomic E-state index is 3.72. The number of hydrogen-bond acceptors (Lipinski definition) is 0. The Balaban J connectivity index is 0.000000134. The van der Waals surface area contributed by atoms with Crippen molar-refractivity contribution in [2.45, 2.75) is 19.8 Å². The Labute approximate surface area is 272 Å². The second-order valence-corrected chi connectivity index (χ2v) is 10.1. The summed E-state index contributed by atoms with van der Waals surface area (Å²) in [5, 5.41) is 0. The minimum atomic E-state index is 0. The number of allylic oxidation sites excluding steroid dienone is 1. The number of hydrogen-bond donors (Lipinski definition) is 0. The largest absolute Gasteiger partial charge is 4.00 e. The van der Waals surface area contributed by atoms with E-state index in [1.165, 1.54) is 44.5 Å². The first kappa shape index (κ1) is 31.6. The first-order valence-corrected chi connectivity index (χ1v) is 14.3. The van der Waals surface area contributed by atoms with Gasteiger partial charge in [0.15, 0.2) is 0 Å². The third kappa shape index (κ3) is 8.58. The van der Waals surface area contributed by atoms with Crippen molar-refractivity contribution < 1.29 is 21.7 Å². The summed E-state index contributed by atoms with van der Waals surface area (Å²) in [6.45, 7) is 5.69. The molecule has 0 aromatic heterocycles. The van der Waals surface area contributed by atoms with Crippen LogP contribution in [-0.2, 0) is 34.6 Å². The summed E-state index contributed by atoms with van der Waals surface area (Å²) in [5.41, 5.74) is 13.2. The van der Waals surface area contributed by atoms with E-state index in [1.54, 1.807) is 0 Å². The molecule has 0 nitrogen and oxygen atoms in total. The van der Waals surface area contributed by atoms with Gasteiger partial charge in [0.05, 0.1) is 0 Å². The topological polar surface area (TPSA) is 0 Å². The summed E-state index contributed by atoms with van der Waals surface area (Å²) in [7, 11) is 0. The van der Waals surface area contributed by atoms with E-state index in [9.17, 15) is 0 Å². The Morgan fingerprint density at radius 3 is 1.40 bits per heavy atom. The molecule has 0 aliphatic heterocycles. The molecule has 0 fully saturated rings. The van der Waals surface area contributed by atoms with Crippen LogP contribution in [0.2, 0.25) is 0 Å². The van der Waals surface area contributed by atoms with Gasteiger partial charge in [-0.05, 0) is 12.8 Å². The number of fused-ring (bicyclic) bond motifs is 6. The van der Waals surface area contributed by atoms with Crippen LogP contribution in [0.3, 0.4) is 0 Å². The molecular formula is C42H34Ti. The molecule has 0 heterocycles. The molecule has 0 saturated heterocycles. The third-order valence-corrected chi connectivity index (χ3v) is 7.16. The molecule has 6 aromatic rings. The standard InChI is InChI=1S/2C13H9.C9H9.C7H7.Ti/c2*1-3-7-12-10(5-1)9-11-6-2-4-8-13(11)12;1-2-6-9-7-4-3-5-8-9;1-7-5-3-2-4-6-7;/h2*1-5,7-8H,9H2;2-5,7-8H,1H3;2-6H,1H2;/q4*-1;+4. The number of benzene rings is 6. The van der Waals surface area contributed by atoms with Crippen molar-refractivity contribution in [2.24, 2.45) is 0 Å². The molecule has 6 aromatic carbocycles. The summed E-state index contributed by atoms with van der Waals surface area (Å²) in [6, 6.07) is 56.2. The van der Waals surface area contributed by atoms with Gasteiger partial charge in [0.25, 0.3) is 0 Å². The van der Waals surface area contributed by atoms with Crippen molar-refractivity contribution in [2.75, 3.05) is 0 Å². The molecule has 43 heavy (non-hydrogen) atoms. The van der Waals surface area contributed by atoms with Gasteiger partial charge in [-0.2, -0.15) is 108 Å². The molecule has 1 heteroatoms. The van der Waals surface area contributed by atoms with Crippen LogP contribution in [0.25, 0.3) is 22.3 Å². The quantitative estimate of drug-likeness (QED) is 0.133. The van der Waals surface area contributed by atoms with E-state index in [2.05, 4.69) is 97.9 Å². The molecule has 0 radical (unpaired) electrons. The molecule has 0 spiro atoms. The summed E-state index contributed by atoms with van der Waals surface area (Å²) in [5.74, 6) is 0.